The van der Waals surface area contributed by atoms with Gasteiger partial charge in [-0.1, -0.05) is 13.0 Å². The lowest BCUT2D eigenvalue weighted by molar-refractivity contribution is 0.139. The fraction of sp³-hybridized carbons (Fsp3) is 0.455. The Morgan fingerprint density at radius 2 is 2.20 bits per heavy atom. The molecule has 0 bridgehead atoms. The molecule has 4 heteroatoms. The van der Waals surface area contributed by atoms with Crippen molar-refractivity contribution in [2.24, 2.45) is 5.73 Å². The highest BCUT2D eigenvalue weighted by Crippen LogP contribution is 2.23. The molecule has 3 N–H and O–H groups in total. The first kappa shape index (κ1) is 11.9. The first-order chi connectivity index (χ1) is 7.10. The van der Waals surface area contributed by atoms with Crippen LogP contribution in [0.3, 0.4) is 0 Å². The minimum atomic E-state index is -0.729. The summed E-state index contributed by atoms with van der Waals surface area (Å²) in [6, 6.07) is 3.73. The second kappa shape index (κ2) is 5.09. The third-order valence-corrected chi connectivity index (χ3v) is 2.40. The number of benzene rings is 1. The molecule has 0 aromatic heterocycles. The van der Waals surface area contributed by atoms with E-state index in [0.29, 0.717) is 17.7 Å². The van der Waals surface area contributed by atoms with Crippen LogP contribution in [0.4, 0.5) is 4.39 Å². The maximum Gasteiger partial charge on any atom is 0.131 e. The molecule has 0 aliphatic carbocycles. The Morgan fingerprint density at radius 1 is 1.53 bits per heavy atom. The van der Waals surface area contributed by atoms with Gasteiger partial charge in [0, 0.05) is 11.6 Å². The van der Waals surface area contributed by atoms with E-state index in [1.54, 1.807) is 13.0 Å². The van der Waals surface area contributed by atoms with Crippen LogP contribution in [0.15, 0.2) is 18.2 Å². The third-order valence-electron chi connectivity index (χ3n) is 2.40. The van der Waals surface area contributed by atoms with Crippen molar-refractivity contribution in [2.75, 3.05) is 7.11 Å². The van der Waals surface area contributed by atoms with Gasteiger partial charge in [-0.3, -0.25) is 0 Å². The van der Waals surface area contributed by atoms with Gasteiger partial charge in [-0.15, -0.1) is 0 Å². The molecule has 1 aromatic rings. The number of aliphatic hydroxyl groups excluding tert-OH is 1. The molecule has 0 radical (unpaired) electrons. The van der Waals surface area contributed by atoms with Crippen molar-refractivity contribution in [2.45, 2.75) is 25.5 Å². The zero-order valence-electron chi connectivity index (χ0n) is 8.90. The van der Waals surface area contributed by atoms with Gasteiger partial charge in [0.05, 0.1) is 19.3 Å². The van der Waals surface area contributed by atoms with Crippen LogP contribution in [0.2, 0.25) is 0 Å². The van der Waals surface area contributed by atoms with Crippen LogP contribution in [0.5, 0.6) is 5.75 Å². The van der Waals surface area contributed by atoms with Gasteiger partial charge < -0.3 is 15.6 Å². The largest absolute Gasteiger partial charge is 0.497 e. The zero-order chi connectivity index (χ0) is 11.4. The molecule has 0 amide bonds. The summed E-state index contributed by atoms with van der Waals surface area (Å²) in [5.74, 6) is -0.0104. The van der Waals surface area contributed by atoms with Crippen LogP contribution in [-0.2, 0) is 0 Å². The lowest BCUT2D eigenvalue weighted by atomic mass is 10.00. The molecule has 2 atom stereocenters. The SMILES string of the molecule is CC[C@H](O)[C@H](N)c1ccc(OC)cc1F. The molecule has 0 aliphatic heterocycles. The number of nitrogens with two attached hydrogens (primary N) is 1. The Balaban J connectivity index is 2.95. The van der Waals surface area contributed by atoms with Crippen LogP contribution >= 0.6 is 0 Å². The molecule has 1 rings (SSSR count). The molecule has 0 saturated carbocycles. The number of rotatable bonds is 4. The monoisotopic (exact) mass is 213 g/mol. The maximum absolute atomic E-state index is 13.5. The summed E-state index contributed by atoms with van der Waals surface area (Å²) < 4.78 is 18.4. The first-order valence-corrected chi connectivity index (χ1v) is 4.87. The highest BCUT2D eigenvalue weighted by molar-refractivity contribution is 5.31. The van der Waals surface area contributed by atoms with E-state index in [-0.39, 0.29) is 0 Å². The van der Waals surface area contributed by atoms with Crippen molar-refractivity contribution >= 4 is 0 Å². The van der Waals surface area contributed by atoms with Gasteiger partial charge in [-0.25, -0.2) is 4.39 Å². The average molecular weight is 213 g/mol. The van der Waals surface area contributed by atoms with Crippen molar-refractivity contribution in [1.29, 1.82) is 0 Å². The summed E-state index contributed by atoms with van der Waals surface area (Å²) >= 11 is 0. The van der Waals surface area contributed by atoms with E-state index in [0.717, 1.165) is 0 Å². The molecule has 3 nitrogen and oxygen atoms in total. The molecule has 0 spiro atoms. The number of hydrogen-bond acceptors (Lipinski definition) is 3. The maximum atomic E-state index is 13.5. The van der Waals surface area contributed by atoms with E-state index in [2.05, 4.69) is 0 Å². The van der Waals surface area contributed by atoms with Crippen molar-refractivity contribution in [1.82, 2.24) is 0 Å². The lowest BCUT2D eigenvalue weighted by Crippen LogP contribution is -2.26. The summed E-state index contributed by atoms with van der Waals surface area (Å²) in [7, 11) is 1.47. The van der Waals surface area contributed by atoms with Gasteiger partial charge in [-0.05, 0) is 12.5 Å². The van der Waals surface area contributed by atoms with Gasteiger partial charge in [-0.2, -0.15) is 0 Å². The summed E-state index contributed by atoms with van der Waals surface area (Å²) in [5, 5.41) is 9.51. The number of ether oxygens (including phenoxy) is 1. The van der Waals surface area contributed by atoms with Crippen molar-refractivity contribution < 1.29 is 14.2 Å². The average Bonchev–Trinajstić information content (AvgIpc) is 2.26. The summed E-state index contributed by atoms with van der Waals surface area (Å²) in [6.45, 7) is 1.80. The fourth-order valence-electron chi connectivity index (χ4n) is 1.37. The number of aliphatic hydroxyl groups is 1. The van der Waals surface area contributed by atoms with Gasteiger partial charge in [0.1, 0.15) is 11.6 Å². The summed E-state index contributed by atoms with van der Waals surface area (Å²) in [6.07, 6.45) is -0.236. The predicted octanol–water partition coefficient (Wildman–Crippen LogP) is 1.61. The van der Waals surface area contributed by atoms with Crippen molar-refractivity contribution in [3.63, 3.8) is 0 Å². The van der Waals surface area contributed by atoms with Gasteiger partial charge in [0.15, 0.2) is 0 Å². The normalized spacial score (nSPS) is 14.7. The van der Waals surface area contributed by atoms with Crippen LogP contribution in [-0.4, -0.2) is 18.3 Å². The molecule has 0 saturated heterocycles. The molecule has 0 unspecified atom stereocenters. The van der Waals surface area contributed by atoms with Gasteiger partial charge >= 0.3 is 0 Å². The molecule has 0 aliphatic rings. The summed E-state index contributed by atoms with van der Waals surface area (Å²) in [5.41, 5.74) is 6.02. The fourth-order valence-corrected chi connectivity index (χ4v) is 1.37. The van der Waals surface area contributed by atoms with Gasteiger partial charge in [0.25, 0.3) is 0 Å². The highest BCUT2D eigenvalue weighted by atomic mass is 19.1. The predicted molar refractivity (Wildman–Crippen MR) is 56.2 cm³/mol. The minimum absolute atomic E-state index is 0.310. The molecular formula is C11H16FNO2. The lowest BCUT2D eigenvalue weighted by Gasteiger charge is -2.18. The molecular weight excluding hydrogens is 197 g/mol. The topological polar surface area (TPSA) is 55.5 Å². The van der Waals surface area contributed by atoms with E-state index >= 15 is 0 Å². The summed E-state index contributed by atoms with van der Waals surface area (Å²) in [4.78, 5) is 0. The molecule has 0 heterocycles. The standard InChI is InChI=1S/C11H16FNO2/c1-3-10(14)11(13)8-5-4-7(15-2)6-9(8)12/h4-6,10-11,14H,3,13H2,1-2H3/t10-,11+/m0/s1. The Kier molecular flexibility index (Phi) is 4.05. The van der Waals surface area contributed by atoms with E-state index in [4.69, 9.17) is 10.5 Å². The second-order valence-electron chi connectivity index (χ2n) is 3.39. The quantitative estimate of drug-likeness (QED) is 0.798. The molecule has 0 fully saturated rings. The molecule has 15 heavy (non-hydrogen) atoms. The minimum Gasteiger partial charge on any atom is -0.497 e. The van der Waals surface area contributed by atoms with Crippen LogP contribution in [0.1, 0.15) is 24.9 Å². The smallest absolute Gasteiger partial charge is 0.131 e. The Bertz CT molecular complexity index is 330. The third kappa shape index (κ3) is 2.67. The zero-order valence-corrected chi connectivity index (χ0v) is 8.90. The van der Waals surface area contributed by atoms with Crippen molar-refractivity contribution in [3.05, 3.63) is 29.6 Å². The molecule has 84 valence electrons. The van der Waals surface area contributed by atoms with E-state index in [1.165, 1.54) is 19.2 Å². The Morgan fingerprint density at radius 3 is 2.67 bits per heavy atom. The van der Waals surface area contributed by atoms with E-state index in [1.807, 2.05) is 0 Å². The van der Waals surface area contributed by atoms with Crippen LogP contribution < -0.4 is 10.5 Å². The Hall–Kier alpha value is -1.13. The highest BCUT2D eigenvalue weighted by Gasteiger charge is 2.18. The number of halogens is 1. The van der Waals surface area contributed by atoms with Crippen molar-refractivity contribution in [3.8, 4) is 5.75 Å². The molecule has 1 aromatic carbocycles. The number of hydrogen-bond donors (Lipinski definition) is 2. The van der Waals surface area contributed by atoms with Gasteiger partial charge in [0.2, 0.25) is 0 Å². The van der Waals surface area contributed by atoms with Crippen LogP contribution in [0, 0.1) is 5.82 Å². The van der Waals surface area contributed by atoms with E-state index in [9.17, 15) is 9.50 Å². The second-order valence-corrected chi connectivity index (χ2v) is 3.39. The first-order valence-electron chi connectivity index (χ1n) is 4.87. The Labute approximate surface area is 88.7 Å². The number of methoxy groups -OCH3 is 1. The van der Waals surface area contributed by atoms with E-state index < -0.39 is 18.0 Å². The van der Waals surface area contributed by atoms with Crippen LogP contribution in [0.25, 0.3) is 0 Å².